The molecule has 0 aliphatic carbocycles. The highest BCUT2D eigenvalue weighted by Gasteiger charge is 2.09. The van der Waals surface area contributed by atoms with Gasteiger partial charge < -0.3 is 5.32 Å². The van der Waals surface area contributed by atoms with Crippen LogP contribution in [-0.4, -0.2) is 4.98 Å². The Labute approximate surface area is 129 Å². The van der Waals surface area contributed by atoms with Crippen LogP contribution in [0.4, 0.5) is 5.69 Å². The molecule has 0 fully saturated rings. The number of nitrogens with zero attached hydrogens (tertiary/aromatic N) is 1. The largest absolute Gasteiger partial charge is 0.378 e. The van der Waals surface area contributed by atoms with Crippen molar-refractivity contribution >= 4 is 27.2 Å². The molecule has 0 saturated heterocycles. The summed E-state index contributed by atoms with van der Waals surface area (Å²) in [6.45, 7) is 8.57. The van der Waals surface area contributed by atoms with E-state index in [1.54, 1.807) is 11.3 Å². The third-order valence-electron chi connectivity index (χ3n) is 3.78. The minimum Gasteiger partial charge on any atom is -0.378 e. The number of benzene rings is 2. The summed E-state index contributed by atoms with van der Waals surface area (Å²) in [7, 11) is 0. The summed E-state index contributed by atoms with van der Waals surface area (Å²) in [4.78, 5) is 4.51. The fraction of sp³-hybridized carbons (Fsp3) is 0.278. The third-order valence-corrected chi connectivity index (χ3v) is 4.71. The van der Waals surface area contributed by atoms with Crippen LogP contribution in [0.1, 0.15) is 34.7 Å². The lowest BCUT2D eigenvalue weighted by atomic mass is 10.00. The van der Waals surface area contributed by atoms with E-state index in [9.17, 15) is 0 Å². The number of hydrogen-bond acceptors (Lipinski definition) is 3. The number of anilines is 1. The molecule has 1 aromatic heterocycles. The van der Waals surface area contributed by atoms with Crippen molar-refractivity contribution < 1.29 is 0 Å². The maximum absolute atomic E-state index is 4.51. The number of hydrogen-bond donors (Lipinski definition) is 1. The molecule has 3 aromatic rings. The quantitative estimate of drug-likeness (QED) is 0.700. The Bertz CT molecular complexity index is 789. The molecule has 108 valence electrons. The van der Waals surface area contributed by atoms with E-state index in [1.807, 2.05) is 0 Å². The van der Waals surface area contributed by atoms with Gasteiger partial charge in [-0.15, -0.1) is 11.3 Å². The zero-order chi connectivity index (χ0) is 15.0. The first-order chi connectivity index (χ1) is 10.0. The first-order valence-electron chi connectivity index (χ1n) is 7.24. The number of aromatic nitrogens is 1. The topological polar surface area (TPSA) is 24.9 Å². The predicted octanol–water partition coefficient (Wildman–Crippen LogP) is 5.39. The van der Waals surface area contributed by atoms with Crippen LogP contribution in [-0.2, 0) is 0 Å². The van der Waals surface area contributed by atoms with E-state index in [0.29, 0.717) is 0 Å². The molecule has 0 radical (unpaired) electrons. The SMILES string of the molecule is Cc1ccc(C)c(C(C)Nc2ccc3nc(C)sc3c2)c1. The molecule has 2 nitrogen and oxygen atoms in total. The smallest absolute Gasteiger partial charge is 0.0907 e. The second-order valence-corrected chi connectivity index (χ2v) is 6.88. The van der Waals surface area contributed by atoms with Crippen LogP contribution in [0, 0.1) is 20.8 Å². The van der Waals surface area contributed by atoms with Gasteiger partial charge in [0, 0.05) is 11.7 Å². The van der Waals surface area contributed by atoms with E-state index < -0.39 is 0 Å². The lowest BCUT2D eigenvalue weighted by Crippen LogP contribution is -2.08. The van der Waals surface area contributed by atoms with E-state index in [-0.39, 0.29) is 6.04 Å². The van der Waals surface area contributed by atoms with Gasteiger partial charge in [-0.3, -0.25) is 0 Å². The number of thiazole rings is 1. The van der Waals surface area contributed by atoms with E-state index in [1.165, 1.54) is 21.4 Å². The van der Waals surface area contributed by atoms with Gasteiger partial charge in [-0.25, -0.2) is 4.98 Å². The van der Waals surface area contributed by atoms with Gasteiger partial charge in [0.2, 0.25) is 0 Å². The van der Waals surface area contributed by atoms with Gasteiger partial charge in [-0.05, 0) is 57.0 Å². The van der Waals surface area contributed by atoms with Crippen LogP contribution in [0.5, 0.6) is 0 Å². The Hall–Kier alpha value is -1.87. The molecule has 0 aliphatic rings. The molecule has 1 atom stereocenters. The molecule has 0 amide bonds. The van der Waals surface area contributed by atoms with Crippen molar-refractivity contribution in [2.75, 3.05) is 5.32 Å². The molecule has 0 aliphatic heterocycles. The van der Waals surface area contributed by atoms with Gasteiger partial charge in [0.15, 0.2) is 0 Å². The average Bonchev–Trinajstić information content (AvgIpc) is 2.80. The summed E-state index contributed by atoms with van der Waals surface area (Å²) in [6.07, 6.45) is 0. The molecule has 21 heavy (non-hydrogen) atoms. The lowest BCUT2D eigenvalue weighted by Gasteiger charge is -2.18. The van der Waals surface area contributed by atoms with Crippen LogP contribution < -0.4 is 5.32 Å². The van der Waals surface area contributed by atoms with Crippen molar-refractivity contribution in [3.8, 4) is 0 Å². The molecule has 0 spiro atoms. The Morgan fingerprint density at radius 3 is 2.67 bits per heavy atom. The summed E-state index contributed by atoms with van der Waals surface area (Å²) in [6, 6.07) is 13.3. The van der Waals surface area contributed by atoms with Crippen LogP contribution in [0.2, 0.25) is 0 Å². The summed E-state index contributed by atoms with van der Waals surface area (Å²) in [5.74, 6) is 0. The van der Waals surface area contributed by atoms with Crippen molar-refractivity contribution in [2.45, 2.75) is 33.7 Å². The Morgan fingerprint density at radius 1 is 1.05 bits per heavy atom. The Morgan fingerprint density at radius 2 is 1.86 bits per heavy atom. The standard InChI is InChI=1S/C18H20N2S/c1-11-5-6-12(2)16(9-11)13(3)19-15-7-8-17-18(10-15)21-14(4)20-17/h5-10,13,19H,1-4H3. The number of fused-ring (bicyclic) bond motifs is 1. The highest BCUT2D eigenvalue weighted by Crippen LogP contribution is 2.28. The van der Waals surface area contributed by atoms with Crippen LogP contribution >= 0.6 is 11.3 Å². The second kappa shape index (κ2) is 5.49. The van der Waals surface area contributed by atoms with Crippen molar-refractivity contribution in [3.05, 3.63) is 58.1 Å². The highest BCUT2D eigenvalue weighted by molar-refractivity contribution is 7.18. The zero-order valence-corrected chi connectivity index (χ0v) is 13.7. The van der Waals surface area contributed by atoms with Crippen LogP contribution in [0.3, 0.4) is 0 Å². The van der Waals surface area contributed by atoms with Crippen molar-refractivity contribution in [3.63, 3.8) is 0 Å². The second-order valence-electron chi connectivity index (χ2n) is 5.64. The van der Waals surface area contributed by atoms with Gasteiger partial charge in [0.05, 0.1) is 15.2 Å². The zero-order valence-electron chi connectivity index (χ0n) is 12.9. The van der Waals surface area contributed by atoms with Gasteiger partial charge in [0.25, 0.3) is 0 Å². The van der Waals surface area contributed by atoms with Crippen molar-refractivity contribution in [2.24, 2.45) is 0 Å². The van der Waals surface area contributed by atoms with Crippen LogP contribution in [0.25, 0.3) is 10.2 Å². The monoisotopic (exact) mass is 296 g/mol. The Balaban J connectivity index is 1.88. The summed E-state index contributed by atoms with van der Waals surface area (Å²) in [5, 5.41) is 4.72. The van der Waals surface area contributed by atoms with E-state index in [0.717, 1.165) is 16.2 Å². The summed E-state index contributed by atoms with van der Waals surface area (Å²) >= 11 is 1.74. The van der Waals surface area contributed by atoms with Crippen LogP contribution in [0.15, 0.2) is 36.4 Å². The first-order valence-corrected chi connectivity index (χ1v) is 8.05. The first kappa shape index (κ1) is 14.1. The molecule has 0 bridgehead atoms. The van der Waals surface area contributed by atoms with Gasteiger partial charge >= 0.3 is 0 Å². The van der Waals surface area contributed by atoms with E-state index >= 15 is 0 Å². The minimum absolute atomic E-state index is 0.288. The molecular formula is C18H20N2S. The molecular weight excluding hydrogens is 276 g/mol. The fourth-order valence-electron chi connectivity index (χ4n) is 2.68. The van der Waals surface area contributed by atoms with Gasteiger partial charge in [0.1, 0.15) is 0 Å². The van der Waals surface area contributed by atoms with Gasteiger partial charge in [-0.1, -0.05) is 23.8 Å². The van der Waals surface area contributed by atoms with Crippen molar-refractivity contribution in [1.82, 2.24) is 4.98 Å². The third kappa shape index (κ3) is 2.93. The Kier molecular flexibility index (Phi) is 3.68. The number of nitrogens with one attached hydrogen (secondary N) is 1. The predicted molar refractivity (Wildman–Crippen MR) is 92.3 cm³/mol. The molecule has 1 heterocycles. The summed E-state index contributed by atoms with van der Waals surface area (Å²) in [5.41, 5.74) is 6.23. The molecule has 3 rings (SSSR count). The lowest BCUT2D eigenvalue weighted by molar-refractivity contribution is 0.872. The van der Waals surface area contributed by atoms with Gasteiger partial charge in [-0.2, -0.15) is 0 Å². The molecule has 0 saturated carbocycles. The maximum atomic E-state index is 4.51. The highest BCUT2D eigenvalue weighted by atomic mass is 32.1. The fourth-order valence-corrected chi connectivity index (χ4v) is 3.55. The normalized spacial score (nSPS) is 12.6. The minimum atomic E-state index is 0.288. The average molecular weight is 296 g/mol. The number of rotatable bonds is 3. The molecule has 2 aromatic carbocycles. The van der Waals surface area contributed by atoms with E-state index in [2.05, 4.69) is 74.4 Å². The number of aryl methyl sites for hydroxylation is 3. The van der Waals surface area contributed by atoms with Crippen molar-refractivity contribution in [1.29, 1.82) is 0 Å². The molecule has 1 N–H and O–H groups in total. The molecule has 3 heteroatoms. The molecule has 1 unspecified atom stereocenters. The maximum Gasteiger partial charge on any atom is 0.0907 e. The van der Waals surface area contributed by atoms with E-state index in [4.69, 9.17) is 0 Å². The summed E-state index contributed by atoms with van der Waals surface area (Å²) < 4.78 is 1.24.